The van der Waals surface area contributed by atoms with Gasteiger partial charge in [0, 0.05) is 24.0 Å². The van der Waals surface area contributed by atoms with E-state index in [1.54, 1.807) is 13.0 Å². The normalized spacial score (nSPS) is 11.4. The highest BCUT2D eigenvalue weighted by atomic mass is 16.1. The molecule has 1 amide bonds. The van der Waals surface area contributed by atoms with E-state index in [0.29, 0.717) is 29.9 Å². The maximum absolute atomic E-state index is 12.1. The topological polar surface area (TPSA) is 86.9 Å². The zero-order valence-corrected chi connectivity index (χ0v) is 15.2. The number of fused-ring (bicyclic) bond motifs is 1. The van der Waals surface area contributed by atoms with Crippen LogP contribution in [-0.4, -0.2) is 29.2 Å². The van der Waals surface area contributed by atoms with E-state index in [9.17, 15) is 9.59 Å². The van der Waals surface area contributed by atoms with Crippen LogP contribution in [0.15, 0.2) is 65.0 Å². The van der Waals surface area contributed by atoms with Gasteiger partial charge in [-0.15, -0.1) is 0 Å². The van der Waals surface area contributed by atoms with Crippen LogP contribution in [0.2, 0.25) is 0 Å². The Balaban J connectivity index is 1.49. The van der Waals surface area contributed by atoms with E-state index in [1.807, 2.05) is 54.6 Å². The quantitative estimate of drug-likeness (QED) is 0.445. The molecule has 6 nitrogen and oxygen atoms in total. The zero-order chi connectivity index (χ0) is 19.1. The first-order chi connectivity index (χ1) is 13.1. The summed E-state index contributed by atoms with van der Waals surface area (Å²) in [5, 5.41) is 14.1. The molecule has 0 aliphatic carbocycles. The molecular formula is C21H22N4O2. The second kappa shape index (κ2) is 8.80. The predicted octanol–water partition coefficient (Wildman–Crippen LogP) is 2.94. The number of nitrogens with one attached hydrogen (secondary N) is 3. The molecule has 0 spiro atoms. The minimum atomic E-state index is -0.205. The molecule has 0 saturated carbocycles. The molecule has 3 aromatic rings. The van der Waals surface area contributed by atoms with Crippen molar-refractivity contribution in [1.82, 2.24) is 15.5 Å². The Morgan fingerprint density at radius 1 is 1.04 bits per heavy atom. The standard InChI is InChI=1S/C21H22N4O2/c1-15(14-16-8-3-2-4-9-16)20(26)23-13-7-12-22-19-17-10-5-6-11-18(17)21(27)25-24-19/h2-6,8-11,14H,7,12-13H2,1H3,(H,22,24)(H,23,26)(H,25,27)/b15-14+. The predicted molar refractivity (Wildman–Crippen MR) is 109 cm³/mol. The molecule has 0 bridgehead atoms. The molecular weight excluding hydrogens is 340 g/mol. The number of H-pyrrole nitrogens is 1. The van der Waals surface area contributed by atoms with Gasteiger partial charge in [0.2, 0.25) is 5.91 Å². The lowest BCUT2D eigenvalue weighted by molar-refractivity contribution is -0.117. The zero-order valence-electron chi connectivity index (χ0n) is 15.2. The molecule has 0 atom stereocenters. The number of carbonyl (C=O) groups excluding carboxylic acids is 1. The first-order valence-electron chi connectivity index (χ1n) is 8.88. The van der Waals surface area contributed by atoms with Crippen molar-refractivity contribution in [3.63, 3.8) is 0 Å². The first kappa shape index (κ1) is 18.4. The number of hydrogen-bond acceptors (Lipinski definition) is 4. The van der Waals surface area contributed by atoms with Crippen LogP contribution in [0.25, 0.3) is 16.8 Å². The molecule has 3 rings (SSSR count). The van der Waals surface area contributed by atoms with E-state index in [-0.39, 0.29) is 11.5 Å². The Hall–Kier alpha value is -3.41. The van der Waals surface area contributed by atoms with Crippen LogP contribution < -0.4 is 16.2 Å². The molecule has 2 aromatic carbocycles. The van der Waals surface area contributed by atoms with Crippen LogP contribution in [0.4, 0.5) is 5.82 Å². The molecule has 138 valence electrons. The third-order valence-corrected chi connectivity index (χ3v) is 4.17. The van der Waals surface area contributed by atoms with Crippen LogP contribution >= 0.6 is 0 Å². The van der Waals surface area contributed by atoms with Crippen molar-refractivity contribution in [3.05, 3.63) is 76.1 Å². The van der Waals surface area contributed by atoms with E-state index in [4.69, 9.17) is 0 Å². The van der Waals surface area contributed by atoms with Crippen molar-refractivity contribution in [1.29, 1.82) is 0 Å². The summed E-state index contributed by atoms with van der Waals surface area (Å²) in [6.45, 7) is 2.98. The number of benzene rings is 2. The Morgan fingerprint density at radius 3 is 2.52 bits per heavy atom. The van der Waals surface area contributed by atoms with Gasteiger partial charge in [0.05, 0.1) is 5.39 Å². The molecule has 0 aliphatic rings. The van der Waals surface area contributed by atoms with Gasteiger partial charge in [0.1, 0.15) is 0 Å². The highest BCUT2D eigenvalue weighted by Crippen LogP contribution is 2.16. The number of aromatic nitrogens is 2. The van der Waals surface area contributed by atoms with E-state index < -0.39 is 0 Å². The highest BCUT2D eigenvalue weighted by molar-refractivity contribution is 5.97. The Morgan fingerprint density at radius 2 is 1.74 bits per heavy atom. The summed E-state index contributed by atoms with van der Waals surface area (Å²) in [5.74, 6) is 0.558. The summed E-state index contributed by atoms with van der Waals surface area (Å²) in [4.78, 5) is 23.9. The van der Waals surface area contributed by atoms with Crippen molar-refractivity contribution >= 4 is 28.6 Å². The van der Waals surface area contributed by atoms with Crippen LogP contribution in [-0.2, 0) is 4.79 Å². The van der Waals surface area contributed by atoms with Crippen molar-refractivity contribution in [2.45, 2.75) is 13.3 Å². The van der Waals surface area contributed by atoms with Gasteiger partial charge in [-0.25, -0.2) is 5.10 Å². The lowest BCUT2D eigenvalue weighted by Crippen LogP contribution is -2.26. The summed E-state index contributed by atoms with van der Waals surface area (Å²) in [5.41, 5.74) is 1.47. The van der Waals surface area contributed by atoms with Crippen LogP contribution in [0.3, 0.4) is 0 Å². The second-order valence-electron chi connectivity index (χ2n) is 6.22. The average Bonchev–Trinajstić information content (AvgIpc) is 2.70. The van der Waals surface area contributed by atoms with Crippen molar-refractivity contribution in [3.8, 4) is 0 Å². The number of aromatic amines is 1. The number of rotatable bonds is 7. The van der Waals surface area contributed by atoms with E-state index in [1.165, 1.54) is 0 Å². The van der Waals surface area contributed by atoms with Crippen molar-refractivity contribution in [2.24, 2.45) is 0 Å². The molecule has 0 aliphatic heterocycles. The van der Waals surface area contributed by atoms with Gasteiger partial charge in [0.25, 0.3) is 5.56 Å². The average molecular weight is 362 g/mol. The maximum atomic E-state index is 12.1. The Bertz CT molecular complexity index is 1010. The van der Waals surface area contributed by atoms with Gasteiger partial charge in [-0.3, -0.25) is 9.59 Å². The van der Waals surface area contributed by atoms with Crippen molar-refractivity contribution in [2.75, 3.05) is 18.4 Å². The smallest absolute Gasteiger partial charge is 0.272 e. The summed E-state index contributed by atoms with van der Waals surface area (Å²) in [6.07, 6.45) is 2.60. The highest BCUT2D eigenvalue weighted by Gasteiger charge is 2.06. The molecule has 0 unspecified atom stereocenters. The van der Waals surface area contributed by atoms with Crippen molar-refractivity contribution < 1.29 is 4.79 Å². The lowest BCUT2D eigenvalue weighted by atomic mass is 10.1. The summed E-state index contributed by atoms with van der Waals surface area (Å²) in [6, 6.07) is 17.1. The second-order valence-corrected chi connectivity index (χ2v) is 6.22. The number of nitrogens with zero attached hydrogens (tertiary/aromatic N) is 1. The monoisotopic (exact) mass is 362 g/mol. The molecule has 0 saturated heterocycles. The van der Waals surface area contributed by atoms with Crippen LogP contribution in [0.5, 0.6) is 0 Å². The van der Waals surface area contributed by atoms with Gasteiger partial charge >= 0.3 is 0 Å². The minimum absolute atomic E-state index is 0.0773. The fraction of sp³-hybridized carbons (Fsp3) is 0.190. The fourth-order valence-electron chi connectivity index (χ4n) is 2.75. The summed E-state index contributed by atoms with van der Waals surface area (Å²) in [7, 11) is 0. The third-order valence-electron chi connectivity index (χ3n) is 4.17. The molecule has 0 radical (unpaired) electrons. The van der Waals surface area contributed by atoms with Gasteiger partial charge < -0.3 is 10.6 Å². The van der Waals surface area contributed by atoms with Gasteiger partial charge in [-0.2, -0.15) is 5.10 Å². The first-order valence-corrected chi connectivity index (χ1v) is 8.88. The number of carbonyl (C=O) groups is 1. The number of amides is 1. The molecule has 1 aromatic heterocycles. The maximum Gasteiger partial charge on any atom is 0.272 e. The summed E-state index contributed by atoms with van der Waals surface area (Å²) >= 11 is 0. The SMILES string of the molecule is C/C(=C\c1ccccc1)C(=O)NCCCNc1n[nH]c(=O)c2ccccc12. The Labute approximate surface area is 157 Å². The molecule has 3 N–H and O–H groups in total. The minimum Gasteiger partial charge on any atom is -0.368 e. The molecule has 27 heavy (non-hydrogen) atoms. The summed E-state index contributed by atoms with van der Waals surface area (Å²) < 4.78 is 0. The number of hydrogen-bond donors (Lipinski definition) is 3. The van der Waals surface area contributed by atoms with E-state index in [2.05, 4.69) is 20.8 Å². The van der Waals surface area contributed by atoms with E-state index >= 15 is 0 Å². The Kier molecular flexibility index (Phi) is 5.99. The van der Waals surface area contributed by atoms with E-state index in [0.717, 1.165) is 17.4 Å². The third kappa shape index (κ3) is 4.82. The van der Waals surface area contributed by atoms with Crippen LogP contribution in [0.1, 0.15) is 18.9 Å². The lowest BCUT2D eigenvalue weighted by Gasteiger charge is -2.09. The van der Waals surface area contributed by atoms with Gasteiger partial charge in [0.15, 0.2) is 5.82 Å². The molecule has 6 heteroatoms. The van der Waals surface area contributed by atoms with Crippen LogP contribution in [0, 0.1) is 0 Å². The molecule has 1 heterocycles. The fourth-order valence-corrected chi connectivity index (χ4v) is 2.75. The molecule has 0 fully saturated rings. The van der Waals surface area contributed by atoms with Gasteiger partial charge in [-0.05, 0) is 31.1 Å². The van der Waals surface area contributed by atoms with Gasteiger partial charge in [-0.1, -0.05) is 48.5 Å². The number of anilines is 1. The largest absolute Gasteiger partial charge is 0.368 e.